The Morgan fingerprint density at radius 1 is 1.38 bits per heavy atom. The van der Waals surface area contributed by atoms with Crippen molar-refractivity contribution in [1.29, 1.82) is 5.41 Å². The van der Waals surface area contributed by atoms with Gasteiger partial charge in [-0.25, -0.2) is 4.39 Å². The van der Waals surface area contributed by atoms with Gasteiger partial charge in [-0.15, -0.1) is 0 Å². The summed E-state index contributed by atoms with van der Waals surface area (Å²) in [7, 11) is 3.04. The Morgan fingerprint density at radius 2 is 2.00 bits per heavy atom. The maximum absolute atomic E-state index is 13.4. The smallest absolute Gasteiger partial charge is 0.161 e. The molecule has 1 aromatic carbocycles. The summed E-state index contributed by atoms with van der Waals surface area (Å²) >= 11 is 3.14. The molecule has 0 aliphatic carbocycles. The highest BCUT2D eigenvalue weighted by atomic mass is 79.9. The van der Waals surface area contributed by atoms with Gasteiger partial charge >= 0.3 is 0 Å². The molecule has 0 unspecified atom stereocenters. The van der Waals surface area contributed by atoms with Crippen molar-refractivity contribution in [3.05, 3.63) is 40.8 Å². The van der Waals surface area contributed by atoms with Crippen LogP contribution < -0.4 is 10.6 Å². The number of halogens is 2. The molecule has 0 aromatic heterocycles. The fourth-order valence-electron chi connectivity index (χ4n) is 1.70. The molecule has 5 nitrogen and oxygen atoms in total. The molecular weight excluding hydrogens is 337 g/mol. The van der Waals surface area contributed by atoms with Gasteiger partial charge in [-0.05, 0) is 41.1 Å². The highest BCUT2D eigenvalue weighted by Gasteiger charge is 2.21. The lowest BCUT2D eigenvalue weighted by molar-refractivity contribution is 0.621. The molecule has 7 heteroatoms. The first kappa shape index (κ1) is 17.0. The average molecular weight is 354 g/mol. The third kappa shape index (κ3) is 3.75. The summed E-state index contributed by atoms with van der Waals surface area (Å²) < 4.78 is 13.7. The van der Waals surface area contributed by atoms with Crippen LogP contribution in [0, 0.1) is 11.2 Å². The second kappa shape index (κ2) is 7.12. The van der Waals surface area contributed by atoms with Crippen LogP contribution in [0.3, 0.4) is 0 Å². The summed E-state index contributed by atoms with van der Waals surface area (Å²) in [4.78, 5) is 9.50. The van der Waals surface area contributed by atoms with E-state index in [9.17, 15) is 4.39 Å². The third-order valence-electron chi connectivity index (χ3n) is 2.69. The number of anilines is 1. The van der Waals surface area contributed by atoms with E-state index in [0.29, 0.717) is 15.9 Å². The average Bonchev–Trinajstić information content (AvgIpc) is 2.45. The van der Waals surface area contributed by atoms with Crippen molar-refractivity contribution in [2.75, 3.05) is 19.0 Å². The van der Waals surface area contributed by atoms with Gasteiger partial charge < -0.3 is 5.73 Å². The second-order valence-corrected chi connectivity index (χ2v) is 5.05. The van der Waals surface area contributed by atoms with E-state index < -0.39 is 0 Å². The van der Waals surface area contributed by atoms with Crippen LogP contribution in [0.15, 0.2) is 44.9 Å². The highest BCUT2D eigenvalue weighted by Crippen LogP contribution is 2.26. The predicted molar refractivity (Wildman–Crippen MR) is 90.0 cm³/mol. The summed E-state index contributed by atoms with van der Waals surface area (Å²) in [6, 6.07) is 4.48. The van der Waals surface area contributed by atoms with Gasteiger partial charge in [0.25, 0.3) is 0 Å². The number of allylic oxidation sites excluding steroid dienone is 1. The Morgan fingerprint density at radius 3 is 2.43 bits per heavy atom. The quantitative estimate of drug-likeness (QED) is 0.644. The van der Waals surface area contributed by atoms with Crippen molar-refractivity contribution in [2.24, 2.45) is 15.7 Å². The van der Waals surface area contributed by atoms with Crippen LogP contribution in [0.25, 0.3) is 0 Å². The Hall–Kier alpha value is -2.02. The van der Waals surface area contributed by atoms with Crippen molar-refractivity contribution >= 4 is 39.0 Å². The first-order chi connectivity index (χ1) is 9.83. The molecule has 3 N–H and O–H groups in total. The molecule has 0 radical (unpaired) electrons. The lowest BCUT2D eigenvalue weighted by atomic mass is 10.2. The normalized spacial score (nSPS) is 12.2. The van der Waals surface area contributed by atoms with Crippen LogP contribution >= 0.6 is 15.9 Å². The lowest BCUT2D eigenvalue weighted by Gasteiger charge is -2.26. The van der Waals surface area contributed by atoms with Crippen molar-refractivity contribution in [2.45, 2.75) is 6.92 Å². The summed E-state index contributed by atoms with van der Waals surface area (Å²) in [6.07, 6.45) is 0. The van der Waals surface area contributed by atoms with Gasteiger partial charge in [0.15, 0.2) is 5.84 Å². The lowest BCUT2D eigenvalue weighted by Crippen LogP contribution is -2.41. The first-order valence-corrected chi connectivity index (χ1v) is 6.81. The van der Waals surface area contributed by atoms with Crippen LogP contribution in [0.2, 0.25) is 0 Å². The number of amidine groups is 2. The fourth-order valence-corrected chi connectivity index (χ4v) is 2.06. The molecule has 0 amide bonds. The van der Waals surface area contributed by atoms with E-state index >= 15 is 0 Å². The minimum atomic E-state index is -0.375. The van der Waals surface area contributed by atoms with E-state index in [-0.39, 0.29) is 23.2 Å². The van der Waals surface area contributed by atoms with E-state index in [0.717, 1.165) is 0 Å². The first-order valence-electron chi connectivity index (χ1n) is 6.02. The third-order valence-corrected chi connectivity index (χ3v) is 3.30. The van der Waals surface area contributed by atoms with Crippen molar-refractivity contribution < 1.29 is 4.39 Å². The zero-order chi connectivity index (χ0) is 16.2. The van der Waals surface area contributed by atoms with E-state index in [2.05, 4.69) is 32.5 Å². The fraction of sp³-hybridized carbons (Fsp3) is 0.214. The minimum Gasteiger partial charge on any atom is -0.382 e. The zero-order valence-electron chi connectivity index (χ0n) is 12.1. The van der Waals surface area contributed by atoms with Crippen LogP contribution in [0.4, 0.5) is 10.1 Å². The van der Waals surface area contributed by atoms with Crippen LogP contribution in [-0.4, -0.2) is 31.5 Å². The highest BCUT2D eigenvalue weighted by molar-refractivity contribution is 9.10. The molecule has 0 aliphatic heterocycles. The Balaban J connectivity index is 3.38. The number of aliphatic imine (C=N–C) groups is 2. The maximum Gasteiger partial charge on any atom is 0.161 e. The molecule has 1 rings (SSSR count). The number of nitrogens with one attached hydrogen (secondary N) is 1. The molecule has 1 aromatic rings. The second-order valence-electron chi connectivity index (χ2n) is 4.20. The number of nitrogens with two attached hydrogens (primary N) is 1. The number of rotatable bonds is 4. The standard InChI is InChI=1S/C14H17BrFN5/c1-8(2)21(9-5-6-11(16)10(15)7-9)14(20-4)12(17)13(18)19-3/h5-7,17H,1H2,2-4H3,(H2,18,19)/b17-12?,20-14-. The van der Waals surface area contributed by atoms with Crippen molar-refractivity contribution in [3.8, 4) is 0 Å². The Bertz CT molecular complexity index is 636. The number of hydrogen-bond acceptors (Lipinski definition) is 3. The summed E-state index contributed by atoms with van der Waals surface area (Å²) in [5.41, 5.74) is 6.89. The summed E-state index contributed by atoms with van der Waals surface area (Å²) in [5, 5.41) is 8.07. The molecule has 0 aliphatic rings. The van der Waals surface area contributed by atoms with Crippen LogP contribution in [0.1, 0.15) is 6.92 Å². The number of nitrogens with zero attached hydrogens (tertiary/aromatic N) is 3. The van der Waals surface area contributed by atoms with Gasteiger partial charge in [0.05, 0.1) is 4.47 Å². The summed E-state index contributed by atoms with van der Waals surface area (Å²) in [6.45, 7) is 5.64. The molecule has 0 bridgehead atoms. The van der Waals surface area contributed by atoms with Crippen molar-refractivity contribution in [3.63, 3.8) is 0 Å². The van der Waals surface area contributed by atoms with Crippen LogP contribution in [-0.2, 0) is 0 Å². The molecule has 0 saturated carbocycles. The molecule has 112 valence electrons. The molecular formula is C14H17BrFN5. The number of benzene rings is 1. The molecule has 0 saturated heterocycles. The molecule has 21 heavy (non-hydrogen) atoms. The molecule has 0 spiro atoms. The minimum absolute atomic E-state index is 0.0246. The van der Waals surface area contributed by atoms with Gasteiger partial charge in [0.2, 0.25) is 0 Å². The predicted octanol–water partition coefficient (Wildman–Crippen LogP) is 2.96. The van der Waals surface area contributed by atoms with E-state index in [1.807, 2.05) is 0 Å². The Kier molecular flexibility index (Phi) is 5.78. The van der Waals surface area contributed by atoms with Gasteiger partial charge in [-0.3, -0.25) is 20.3 Å². The summed E-state index contributed by atoms with van der Waals surface area (Å²) in [5.74, 6) is -0.0350. The van der Waals surface area contributed by atoms with E-state index in [1.54, 1.807) is 31.0 Å². The SMILES string of the molecule is C=C(C)N(/C(=N\C)C(=N)/C(N)=N\C)c1ccc(F)c(Br)c1. The van der Waals surface area contributed by atoms with Gasteiger partial charge in [-0.1, -0.05) is 6.58 Å². The van der Waals surface area contributed by atoms with Crippen LogP contribution in [0.5, 0.6) is 0 Å². The Labute approximate surface area is 131 Å². The van der Waals surface area contributed by atoms with Gasteiger partial charge in [-0.2, -0.15) is 0 Å². The zero-order valence-corrected chi connectivity index (χ0v) is 13.7. The van der Waals surface area contributed by atoms with E-state index in [1.165, 1.54) is 13.1 Å². The monoisotopic (exact) mass is 353 g/mol. The molecule has 0 atom stereocenters. The van der Waals surface area contributed by atoms with E-state index in [4.69, 9.17) is 11.1 Å². The van der Waals surface area contributed by atoms with Gasteiger partial charge in [0.1, 0.15) is 17.4 Å². The molecule has 0 heterocycles. The van der Waals surface area contributed by atoms with Gasteiger partial charge in [0, 0.05) is 25.5 Å². The largest absolute Gasteiger partial charge is 0.382 e. The topological polar surface area (TPSA) is 77.8 Å². The maximum atomic E-state index is 13.4. The number of hydrogen-bond donors (Lipinski definition) is 2. The van der Waals surface area contributed by atoms with Crippen molar-refractivity contribution in [1.82, 2.24) is 0 Å². The molecule has 0 fully saturated rings.